The fraction of sp³-hybridized carbons (Fsp3) is 0.321. The van der Waals surface area contributed by atoms with Gasteiger partial charge in [0.1, 0.15) is 11.9 Å². The van der Waals surface area contributed by atoms with Crippen LogP contribution in [0.5, 0.6) is 5.75 Å². The quantitative estimate of drug-likeness (QED) is 0.316. The largest absolute Gasteiger partial charge is 0.495 e. The number of para-hydroxylation sites is 2. The Morgan fingerprint density at radius 2 is 1.73 bits per heavy atom. The summed E-state index contributed by atoms with van der Waals surface area (Å²) in [4.78, 5) is 17.4. The number of benzene rings is 3. The van der Waals surface area contributed by atoms with Crippen LogP contribution in [-0.4, -0.2) is 50.3 Å². The lowest BCUT2D eigenvalue weighted by Crippen LogP contribution is -2.60. The lowest BCUT2D eigenvalue weighted by molar-refractivity contribution is -0.136. The average molecular weight is 565 g/mol. The molecule has 1 aliphatic heterocycles. The van der Waals surface area contributed by atoms with E-state index < -0.39 is 0 Å². The summed E-state index contributed by atoms with van der Waals surface area (Å²) in [5, 5.41) is 4.59. The monoisotopic (exact) mass is 563 g/mol. The molecule has 0 aliphatic carbocycles. The Bertz CT molecular complexity index is 1150. The van der Waals surface area contributed by atoms with Gasteiger partial charge in [-0.05, 0) is 35.4 Å². The first-order chi connectivity index (χ1) is 17.5. The van der Waals surface area contributed by atoms with Gasteiger partial charge in [-0.25, -0.2) is 0 Å². The van der Waals surface area contributed by atoms with Gasteiger partial charge < -0.3 is 19.3 Å². The van der Waals surface area contributed by atoms with Crippen molar-refractivity contribution in [3.63, 3.8) is 0 Å². The first-order valence-corrected chi connectivity index (χ1v) is 12.8. The number of methoxy groups -OCH3 is 1. The molecule has 0 saturated carbocycles. The molecule has 1 unspecified atom stereocenters. The third-order valence-electron chi connectivity index (χ3n) is 6.22. The number of halogens is 3. The molecule has 3 aromatic carbocycles. The second-order valence-electron chi connectivity index (χ2n) is 8.64. The number of amides is 1. The zero-order valence-corrected chi connectivity index (χ0v) is 23.1. The molecule has 3 aromatic rings. The lowest BCUT2D eigenvalue weighted by atomic mass is 10.1. The predicted octanol–water partition coefficient (Wildman–Crippen LogP) is 5.80. The van der Waals surface area contributed by atoms with Crippen LogP contribution in [0.4, 0.5) is 5.69 Å². The lowest BCUT2D eigenvalue weighted by Gasteiger charge is -2.43. The van der Waals surface area contributed by atoms with Crippen molar-refractivity contribution in [1.29, 1.82) is 0 Å². The number of nitrogens with one attached hydrogen (secondary N) is 1. The molecule has 198 valence electrons. The third-order valence-corrected chi connectivity index (χ3v) is 6.96. The smallest absolute Gasteiger partial charge is 0.226 e. The summed E-state index contributed by atoms with van der Waals surface area (Å²) in [5.74, 6) is 0.893. The highest BCUT2D eigenvalue weighted by Gasteiger charge is 2.31. The summed E-state index contributed by atoms with van der Waals surface area (Å²) in [6, 6.07) is 23.6. The molecule has 1 fully saturated rings. The van der Waals surface area contributed by atoms with E-state index in [0.29, 0.717) is 49.3 Å². The number of anilines is 1. The molecule has 1 aliphatic rings. The number of carbonyl (C=O) groups excluding carboxylic acids is 1. The van der Waals surface area contributed by atoms with Gasteiger partial charge in [-0.2, -0.15) is 0 Å². The number of carbonyl (C=O) groups is 1. The van der Waals surface area contributed by atoms with Crippen LogP contribution in [0.2, 0.25) is 10.0 Å². The van der Waals surface area contributed by atoms with E-state index in [1.165, 1.54) is 5.56 Å². The molecular formula is C28H32Cl3N3O3. The van der Waals surface area contributed by atoms with Gasteiger partial charge in [-0.3, -0.25) is 10.1 Å². The fourth-order valence-corrected chi connectivity index (χ4v) is 4.64. The van der Waals surface area contributed by atoms with Crippen molar-refractivity contribution in [2.75, 3.05) is 38.3 Å². The summed E-state index contributed by atoms with van der Waals surface area (Å²) in [6.07, 6.45) is 0.158. The summed E-state index contributed by atoms with van der Waals surface area (Å²) in [7, 11) is 1.68. The number of piperazine rings is 1. The maximum absolute atomic E-state index is 13.2. The Morgan fingerprint density at radius 1 is 0.973 bits per heavy atom. The maximum atomic E-state index is 13.2. The molecule has 9 heteroatoms. The van der Waals surface area contributed by atoms with Crippen LogP contribution < -0.4 is 15.0 Å². The van der Waals surface area contributed by atoms with Crippen molar-refractivity contribution in [2.45, 2.75) is 25.7 Å². The van der Waals surface area contributed by atoms with Gasteiger partial charge in [0.2, 0.25) is 5.91 Å². The van der Waals surface area contributed by atoms with E-state index in [1.807, 2.05) is 47.4 Å². The summed E-state index contributed by atoms with van der Waals surface area (Å²) < 4.78 is 11.3. The Balaban J connectivity index is 0.00000380. The molecule has 6 nitrogen and oxygen atoms in total. The van der Waals surface area contributed by atoms with Gasteiger partial charge in [-0.15, -0.1) is 12.4 Å². The van der Waals surface area contributed by atoms with Gasteiger partial charge in [0.25, 0.3) is 0 Å². The molecule has 1 N–H and O–H groups in total. The van der Waals surface area contributed by atoms with Crippen molar-refractivity contribution in [3.8, 4) is 5.75 Å². The Morgan fingerprint density at radius 3 is 2.49 bits per heavy atom. The molecule has 1 saturated heterocycles. The van der Waals surface area contributed by atoms with E-state index in [-0.39, 0.29) is 24.5 Å². The highest BCUT2D eigenvalue weighted by atomic mass is 35.5. The van der Waals surface area contributed by atoms with Gasteiger partial charge in [0, 0.05) is 19.6 Å². The highest BCUT2D eigenvalue weighted by Crippen LogP contribution is 2.29. The van der Waals surface area contributed by atoms with E-state index in [0.717, 1.165) is 23.5 Å². The molecule has 0 spiro atoms. The molecule has 1 amide bonds. The predicted molar refractivity (Wildman–Crippen MR) is 152 cm³/mol. The Hall–Kier alpha value is -2.48. The second kappa shape index (κ2) is 14.5. The highest BCUT2D eigenvalue weighted by molar-refractivity contribution is 6.42. The van der Waals surface area contributed by atoms with Crippen LogP contribution in [0, 0.1) is 0 Å². The molecule has 1 heterocycles. The van der Waals surface area contributed by atoms with Gasteiger partial charge >= 0.3 is 0 Å². The third kappa shape index (κ3) is 8.00. The van der Waals surface area contributed by atoms with Crippen LogP contribution in [-0.2, 0) is 22.7 Å². The van der Waals surface area contributed by atoms with E-state index in [9.17, 15) is 4.79 Å². The number of ether oxygens (including phenoxy) is 2. The molecule has 0 aromatic heterocycles. The van der Waals surface area contributed by atoms with E-state index in [4.69, 9.17) is 32.7 Å². The van der Waals surface area contributed by atoms with Crippen LogP contribution in [0.1, 0.15) is 17.5 Å². The second-order valence-corrected chi connectivity index (χ2v) is 9.45. The number of nitrogens with zero attached hydrogens (tertiary/aromatic N) is 2. The van der Waals surface area contributed by atoms with Crippen molar-refractivity contribution >= 4 is 47.2 Å². The Kier molecular flexibility index (Phi) is 11.4. The fourth-order valence-electron chi connectivity index (χ4n) is 4.32. The van der Waals surface area contributed by atoms with Crippen LogP contribution in [0.3, 0.4) is 0 Å². The molecule has 0 bridgehead atoms. The van der Waals surface area contributed by atoms with Crippen LogP contribution >= 0.6 is 35.6 Å². The van der Waals surface area contributed by atoms with Gasteiger partial charge in [0.15, 0.2) is 0 Å². The molecule has 1 atom stereocenters. The van der Waals surface area contributed by atoms with Gasteiger partial charge in [0.05, 0.1) is 49.0 Å². The van der Waals surface area contributed by atoms with Crippen molar-refractivity contribution < 1.29 is 14.3 Å². The SMILES string of the molecule is COc1ccccc1N1CCN(C(=O)CCOCc2ccc(Cl)c(Cl)c2)C(NCc2ccccc2)C1.Cl. The normalized spacial score (nSPS) is 15.3. The molecule has 4 rings (SSSR count). The first-order valence-electron chi connectivity index (χ1n) is 12.0. The summed E-state index contributed by atoms with van der Waals surface area (Å²) in [5.41, 5.74) is 3.12. The molecule has 37 heavy (non-hydrogen) atoms. The van der Waals surface area contributed by atoms with E-state index >= 15 is 0 Å². The minimum Gasteiger partial charge on any atom is -0.495 e. The van der Waals surface area contributed by atoms with Crippen LogP contribution in [0.15, 0.2) is 72.8 Å². The van der Waals surface area contributed by atoms with E-state index in [1.54, 1.807) is 19.2 Å². The summed E-state index contributed by atoms with van der Waals surface area (Å²) >= 11 is 12.1. The topological polar surface area (TPSA) is 54.0 Å². The minimum atomic E-state index is -0.147. The van der Waals surface area contributed by atoms with Crippen molar-refractivity contribution in [1.82, 2.24) is 10.2 Å². The number of rotatable bonds is 10. The molecule has 0 radical (unpaired) electrons. The number of hydrogen-bond acceptors (Lipinski definition) is 5. The minimum absolute atomic E-state index is 0. The zero-order chi connectivity index (χ0) is 25.3. The zero-order valence-electron chi connectivity index (χ0n) is 20.7. The Labute approximate surface area is 234 Å². The maximum Gasteiger partial charge on any atom is 0.226 e. The van der Waals surface area contributed by atoms with Gasteiger partial charge in [-0.1, -0.05) is 71.7 Å². The van der Waals surface area contributed by atoms with Crippen molar-refractivity contribution in [2.24, 2.45) is 0 Å². The van der Waals surface area contributed by atoms with E-state index in [2.05, 4.69) is 28.4 Å². The van der Waals surface area contributed by atoms with Crippen molar-refractivity contribution in [3.05, 3.63) is 94.0 Å². The number of hydrogen-bond donors (Lipinski definition) is 1. The first kappa shape index (κ1) is 29.1. The average Bonchev–Trinajstić information content (AvgIpc) is 2.92. The standard InChI is InChI=1S/C28H31Cl2N3O3.ClH/c1-35-26-10-6-5-9-25(26)32-14-15-33(27(19-32)31-18-21-7-3-2-4-8-21)28(34)13-16-36-20-22-11-12-23(29)24(30)17-22;/h2-12,17,27,31H,13-16,18-20H2,1H3;1H. The van der Waals surface area contributed by atoms with Crippen LogP contribution in [0.25, 0.3) is 0 Å². The molecular weight excluding hydrogens is 533 g/mol. The summed E-state index contributed by atoms with van der Waals surface area (Å²) in [6.45, 7) is 3.36.